The van der Waals surface area contributed by atoms with Crippen LogP contribution in [0.1, 0.15) is 23.2 Å². The number of aromatic carboxylic acids is 1. The van der Waals surface area contributed by atoms with Crippen LogP contribution >= 0.6 is 0 Å². The van der Waals surface area contributed by atoms with Crippen molar-refractivity contribution in [3.63, 3.8) is 0 Å². The van der Waals surface area contributed by atoms with Gasteiger partial charge in [-0.3, -0.25) is 0 Å². The molecule has 126 valence electrons. The Kier molecular flexibility index (Phi) is 3.89. The molecule has 0 bridgehead atoms. The van der Waals surface area contributed by atoms with Gasteiger partial charge in [0, 0.05) is 24.8 Å². The Balaban J connectivity index is 1.58. The van der Waals surface area contributed by atoms with Crippen molar-refractivity contribution in [1.82, 2.24) is 15.1 Å². The highest BCUT2D eigenvalue weighted by Crippen LogP contribution is 2.24. The van der Waals surface area contributed by atoms with Gasteiger partial charge in [-0.15, -0.1) is 0 Å². The van der Waals surface area contributed by atoms with E-state index in [1.165, 1.54) is 25.0 Å². The van der Waals surface area contributed by atoms with Crippen LogP contribution < -0.4 is 4.90 Å². The molecule has 3 aromatic rings. The third kappa shape index (κ3) is 3.08. The zero-order valence-electron chi connectivity index (χ0n) is 13.4. The van der Waals surface area contributed by atoms with E-state index in [0.717, 1.165) is 24.5 Å². The number of anilines is 1. The maximum atomic E-state index is 11.1. The summed E-state index contributed by atoms with van der Waals surface area (Å²) in [5.41, 5.74) is 1.51. The molecule has 0 radical (unpaired) electrons. The van der Waals surface area contributed by atoms with Crippen LogP contribution in [-0.4, -0.2) is 39.3 Å². The fourth-order valence-electron chi connectivity index (χ4n) is 2.90. The van der Waals surface area contributed by atoms with Crippen molar-refractivity contribution in [3.05, 3.63) is 48.2 Å². The second-order valence-electron chi connectivity index (χ2n) is 5.91. The van der Waals surface area contributed by atoms with Crippen LogP contribution in [0, 0.1) is 0 Å². The van der Waals surface area contributed by atoms with E-state index >= 15 is 0 Å². The van der Waals surface area contributed by atoms with Crippen molar-refractivity contribution in [2.24, 2.45) is 0 Å². The number of carbonyl (C=O) groups is 1. The van der Waals surface area contributed by atoms with E-state index in [0.29, 0.717) is 17.3 Å². The second kappa shape index (κ2) is 6.35. The molecule has 0 spiro atoms. The van der Waals surface area contributed by atoms with Crippen LogP contribution in [0.15, 0.2) is 47.1 Å². The van der Waals surface area contributed by atoms with Gasteiger partial charge >= 0.3 is 5.97 Å². The van der Waals surface area contributed by atoms with Crippen LogP contribution in [0.5, 0.6) is 0 Å². The van der Waals surface area contributed by atoms with Gasteiger partial charge < -0.3 is 14.5 Å². The SMILES string of the molecule is O=C(O)c1cccc(-c2noc(-c3ccc(N4CCCC4)nc3)n2)c1. The van der Waals surface area contributed by atoms with Crippen molar-refractivity contribution >= 4 is 11.8 Å². The number of pyridine rings is 1. The molecule has 0 atom stereocenters. The summed E-state index contributed by atoms with van der Waals surface area (Å²) < 4.78 is 5.31. The Morgan fingerprint density at radius 2 is 1.96 bits per heavy atom. The highest BCUT2D eigenvalue weighted by atomic mass is 16.5. The van der Waals surface area contributed by atoms with Crippen LogP contribution in [0.2, 0.25) is 0 Å². The number of hydrogen-bond donors (Lipinski definition) is 1. The molecule has 1 aliphatic heterocycles. The Morgan fingerprint density at radius 3 is 2.68 bits per heavy atom. The largest absolute Gasteiger partial charge is 0.478 e. The smallest absolute Gasteiger partial charge is 0.335 e. The lowest BCUT2D eigenvalue weighted by Crippen LogP contribution is -2.18. The van der Waals surface area contributed by atoms with Gasteiger partial charge in [0.25, 0.3) is 5.89 Å². The van der Waals surface area contributed by atoms with Crippen LogP contribution in [0.3, 0.4) is 0 Å². The molecule has 1 fully saturated rings. The first-order valence-corrected chi connectivity index (χ1v) is 8.09. The predicted octanol–water partition coefficient (Wildman–Crippen LogP) is 3.10. The van der Waals surface area contributed by atoms with Gasteiger partial charge in [-0.05, 0) is 37.1 Å². The molecule has 3 heterocycles. The average molecular weight is 336 g/mol. The van der Waals surface area contributed by atoms with Gasteiger partial charge in [-0.25, -0.2) is 9.78 Å². The zero-order chi connectivity index (χ0) is 17.2. The standard InChI is InChI=1S/C18H16N4O3/c23-18(24)13-5-3-4-12(10-13)16-20-17(25-21-16)14-6-7-15(19-11-14)22-8-1-2-9-22/h3-7,10-11H,1-2,8-9H2,(H,23,24). The van der Waals surface area contributed by atoms with E-state index in [2.05, 4.69) is 20.0 Å². The summed E-state index contributed by atoms with van der Waals surface area (Å²) in [4.78, 5) is 22.2. The molecule has 0 unspecified atom stereocenters. The number of carboxylic acids is 1. The molecular formula is C18H16N4O3. The molecule has 1 aliphatic rings. The lowest BCUT2D eigenvalue weighted by molar-refractivity contribution is 0.0697. The molecule has 1 N–H and O–H groups in total. The van der Waals surface area contributed by atoms with Crippen LogP contribution in [0.25, 0.3) is 22.8 Å². The first-order chi connectivity index (χ1) is 12.2. The van der Waals surface area contributed by atoms with Crippen LogP contribution in [0.4, 0.5) is 5.82 Å². The van der Waals surface area contributed by atoms with Gasteiger partial charge in [0.1, 0.15) is 5.82 Å². The zero-order valence-corrected chi connectivity index (χ0v) is 13.4. The number of hydrogen-bond acceptors (Lipinski definition) is 6. The summed E-state index contributed by atoms with van der Waals surface area (Å²) in [5, 5.41) is 13.0. The van der Waals surface area contributed by atoms with Gasteiger partial charge in [0.15, 0.2) is 0 Å². The van der Waals surface area contributed by atoms with Crippen molar-refractivity contribution in [2.75, 3.05) is 18.0 Å². The van der Waals surface area contributed by atoms with E-state index < -0.39 is 5.97 Å². The maximum Gasteiger partial charge on any atom is 0.335 e. The van der Waals surface area contributed by atoms with Crippen molar-refractivity contribution < 1.29 is 14.4 Å². The van der Waals surface area contributed by atoms with Crippen molar-refractivity contribution in [1.29, 1.82) is 0 Å². The fourth-order valence-corrected chi connectivity index (χ4v) is 2.90. The minimum absolute atomic E-state index is 0.181. The normalized spacial score (nSPS) is 14.0. The topological polar surface area (TPSA) is 92.3 Å². The summed E-state index contributed by atoms with van der Waals surface area (Å²) in [5.74, 6) is 0.667. The highest BCUT2D eigenvalue weighted by Gasteiger charge is 2.15. The summed E-state index contributed by atoms with van der Waals surface area (Å²) >= 11 is 0. The molecule has 4 rings (SSSR count). The van der Waals surface area contributed by atoms with Crippen molar-refractivity contribution in [2.45, 2.75) is 12.8 Å². The van der Waals surface area contributed by atoms with Crippen LogP contribution in [-0.2, 0) is 0 Å². The number of nitrogens with zero attached hydrogens (tertiary/aromatic N) is 4. The Labute approximate surface area is 143 Å². The minimum atomic E-state index is -0.993. The molecule has 1 saturated heterocycles. The molecule has 0 amide bonds. The Morgan fingerprint density at radius 1 is 1.12 bits per heavy atom. The minimum Gasteiger partial charge on any atom is -0.478 e. The Bertz CT molecular complexity index is 899. The lowest BCUT2D eigenvalue weighted by Gasteiger charge is -2.15. The fraction of sp³-hybridized carbons (Fsp3) is 0.222. The van der Waals surface area contributed by atoms with E-state index in [1.807, 2.05) is 12.1 Å². The van der Waals surface area contributed by atoms with Gasteiger partial charge in [0.05, 0.1) is 11.1 Å². The molecule has 7 heteroatoms. The number of carboxylic acid groups (broad SMARTS) is 1. The third-order valence-electron chi connectivity index (χ3n) is 4.22. The molecule has 0 saturated carbocycles. The summed E-state index contributed by atoms with van der Waals surface area (Å²) in [6.07, 6.45) is 4.12. The summed E-state index contributed by atoms with van der Waals surface area (Å²) in [7, 11) is 0. The van der Waals surface area contributed by atoms with E-state index in [1.54, 1.807) is 18.3 Å². The quantitative estimate of drug-likeness (QED) is 0.782. The highest BCUT2D eigenvalue weighted by molar-refractivity contribution is 5.89. The monoisotopic (exact) mass is 336 g/mol. The summed E-state index contributed by atoms with van der Waals surface area (Å²) in [6.45, 7) is 2.08. The predicted molar refractivity (Wildman–Crippen MR) is 91.4 cm³/mol. The van der Waals surface area contributed by atoms with E-state index in [9.17, 15) is 4.79 Å². The number of benzene rings is 1. The van der Waals surface area contributed by atoms with Gasteiger partial charge in [-0.2, -0.15) is 4.98 Å². The molecular weight excluding hydrogens is 320 g/mol. The summed E-state index contributed by atoms with van der Waals surface area (Å²) in [6, 6.07) is 10.3. The van der Waals surface area contributed by atoms with Gasteiger partial charge in [0.2, 0.25) is 5.82 Å². The molecule has 25 heavy (non-hydrogen) atoms. The Hall–Kier alpha value is -3.22. The average Bonchev–Trinajstić information content (AvgIpc) is 3.34. The van der Waals surface area contributed by atoms with Gasteiger partial charge in [-0.1, -0.05) is 17.3 Å². The van der Waals surface area contributed by atoms with Crippen molar-refractivity contribution in [3.8, 4) is 22.8 Å². The van der Waals surface area contributed by atoms with E-state index in [4.69, 9.17) is 9.63 Å². The maximum absolute atomic E-state index is 11.1. The third-order valence-corrected chi connectivity index (χ3v) is 4.22. The number of rotatable bonds is 4. The molecule has 7 nitrogen and oxygen atoms in total. The second-order valence-corrected chi connectivity index (χ2v) is 5.91. The molecule has 0 aliphatic carbocycles. The number of aromatic nitrogens is 3. The van der Waals surface area contributed by atoms with E-state index in [-0.39, 0.29) is 5.56 Å². The molecule has 1 aromatic carbocycles. The molecule has 2 aromatic heterocycles. The first-order valence-electron chi connectivity index (χ1n) is 8.09. The lowest BCUT2D eigenvalue weighted by atomic mass is 10.1. The first kappa shape index (κ1) is 15.3.